The van der Waals surface area contributed by atoms with E-state index >= 15 is 0 Å². The van der Waals surface area contributed by atoms with Gasteiger partial charge in [0.25, 0.3) is 0 Å². The molecule has 1 rings (SSSR count). The second kappa shape index (κ2) is 7.06. The molecule has 0 aliphatic carbocycles. The highest BCUT2D eigenvalue weighted by Gasteiger charge is 2.13. The molecule has 0 aliphatic rings. The lowest BCUT2D eigenvalue weighted by molar-refractivity contribution is 0.288. The number of aliphatic hydroxyl groups is 1. The molecule has 0 aliphatic heterocycles. The van der Waals surface area contributed by atoms with Crippen LogP contribution in [0.4, 0.5) is 11.5 Å². The van der Waals surface area contributed by atoms with Crippen LogP contribution in [0.3, 0.4) is 0 Å². The standard InChI is InChI=1S/C13H23N3O2/c1-4-18-13-11(14)6-7-12(15-13)16(10(2)3)8-5-9-17/h6-7,10,17H,4-5,8-9,14H2,1-3H3. The first kappa shape index (κ1) is 14.6. The topological polar surface area (TPSA) is 71.6 Å². The second-order valence-electron chi connectivity index (χ2n) is 4.36. The molecule has 102 valence electrons. The van der Waals surface area contributed by atoms with E-state index in [1.807, 2.05) is 19.1 Å². The first-order valence-electron chi connectivity index (χ1n) is 6.37. The van der Waals surface area contributed by atoms with E-state index in [1.165, 1.54) is 0 Å². The average Bonchev–Trinajstić information content (AvgIpc) is 2.33. The predicted molar refractivity (Wildman–Crippen MR) is 74.0 cm³/mol. The van der Waals surface area contributed by atoms with Crippen LogP contribution >= 0.6 is 0 Å². The molecule has 18 heavy (non-hydrogen) atoms. The van der Waals surface area contributed by atoms with Gasteiger partial charge < -0.3 is 20.5 Å². The largest absolute Gasteiger partial charge is 0.476 e. The van der Waals surface area contributed by atoms with Gasteiger partial charge in [0, 0.05) is 19.2 Å². The molecule has 0 radical (unpaired) electrons. The molecule has 1 aromatic rings. The predicted octanol–water partition coefficient (Wildman–Crippen LogP) is 1.66. The van der Waals surface area contributed by atoms with E-state index in [9.17, 15) is 0 Å². The van der Waals surface area contributed by atoms with E-state index < -0.39 is 0 Å². The lowest BCUT2D eigenvalue weighted by atomic mass is 10.2. The molecular weight excluding hydrogens is 230 g/mol. The molecule has 5 heteroatoms. The van der Waals surface area contributed by atoms with Crippen molar-refractivity contribution < 1.29 is 9.84 Å². The lowest BCUT2D eigenvalue weighted by Crippen LogP contribution is -2.33. The van der Waals surface area contributed by atoms with Gasteiger partial charge >= 0.3 is 0 Å². The Morgan fingerprint density at radius 1 is 1.44 bits per heavy atom. The van der Waals surface area contributed by atoms with E-state index in [4.69, 9.17) is 15.6 Å². The molecule has 0 atom stereocenters. The van der Waals surface area contributed by atoms with Crippen molar-refractivity contribution in [1.29, 1.82) is 0 Å². The van der Waals surface area contributed by atoms with Gasteiger partial charge in [0.05, 0.1) is 12.3 Å². The molecule has 0 bridgehead atoms. The molecule has 0 amide bonds. The van der Waals surface area contributed by atoms with E-state index in [-0.39, 0.29) is 6.61 Å². The highest BCUT2D eigenvalue weighted by atomic mass is 16.5. The maximum absolute atomic E-state index is 8.94. The number of nitrogens with zero attached hydrogens (tertiary/aromatic N) is 2. The Bertz CT molecular complexity index is 369. The second-order valence-corrected chi connectivity index (χ2v) is 4.36. The van der Waals surface area contributed by atoms with Gasteiger partial charge in [-0.3, -0.25) is 0 Å². The van der Waals surface area contributed by atoms with E-state index in [0.29, 0.717) is 30.6 Å². The summed E-state index contributed by atoms with van der Waals surface area (Å²) in [6.07, 6.45) is 0.716. The van der Waals surface area contributed by atoms with Gasteiger partial charge in [0.1, 0.15) is 5.82 Å². The van der Waals surface area contributed by atoms with E-state index in [0.717, 1.165) is 12.4 Å². The SMILES string of the molecule is CCOc1nc(N(CCCO)C(C)C)ccc1N. The minimum atomic E-state index is 0.177. The van der Waals surface area contributed by atoms with Crippen LogP contribution in [0.15, 0.2) is 12.1 Å². The number of aliphatic hydroxyl groups excluding tert-OH is 1. The van der Waals surface area contributed by atoms with Crippen molar-refractivity contribution in [2.45, 2.75) is 33.2 Å². The van der Waals surface area contributed by atoms with Gasteiger partial charge in [0.2, 0.25) is 5.88 Å². The maximum Gasteiger partial charge on any atom is 0.239 e. The number of aromatic nitrogens is 1. The zero-order valence-corrected chi connectivity index (χ0v) is 11.4. The summed E-state index contributed by atoms with van der Waals surface area (Å²) in [5.74, 6) is 1.31. The van der Waals surface area contributed by atoms with Gasteiger partial charge in [0.15, 0.2) is 0 Å². The van der Waals surface area contributed by atoms with Gasteiger partial charge in [-0.05, 0) is 39.3 Å². The summed E-state index contributed by atoms with van der Waals surface area (Å²) in [5.41, 5.74) is 6.35. The van der Waals surface area contributed by atoms with E-state index in [1.54, 1.807) is 0 Å². The molecular formula is C13H23N3O2. The molecule has 0 unspecified atom stereocenters. The monoisotopic (exact) mass is 253 g/mol. The van der Waals surface area contributed by atoms with Crippen molar-refractivity contribution in [2.24, 2.45) is 0 Å². The van der Waals surface area contributed by atoms with Crippen molar-refractivity contribution in [1.82, 2.24) is 4.98 Å². The van der Waals surface area contributed by atoms with Gasteiger partial charge in [-0.2, -0.15) is 4.98 Å². The quantitative estimate of drug-likeness (QED) is 0.773. The van der Waals surface area contributed by atoms with Gasteiger partial charge in [-0.15, -0.1) is 0 Å². The fourth-order valence-electron chi connectivity index (χ4n) is 1.73. The molecule has 5 nitrogen and oxygen atoms in total. The number of ether oxygens (including phenoxy) is 1. The summed E-state index contributed by atoms with van der Waals surface area (Å²) < 4.78 is 5.40. The molecule has 1 heterocycles. The third kappa shape index (κ3) is 3.77. The Labute approximate surface area is 109 Å². The number of hydrogen-bond acceptors (Lipinski definition) is 5. The van der Waals surface area contributed by atoms with Crippen LogP contribution in [0, 0.1) is 0 Å². The summed E-state index contributed by atoms with van der Waals surface area (Å²) in [6, 6.07) is 4.00. The molecule has 0 saturated heterocycles. The van der Waals surface area contributed by atoms with Crippen LogP contribution in [0.5, 0.6) is 5.88 Å². The molecule has 1 aromatic heterocycles. The number of hydrogen-bond donors (Lipinski definition) is 2. The minimum absolute atomic E-state index is 0.177. The summed E-state index contributed by atoms with van der Waals surface area (Å²) in [6.45, 7) is 7.57. The van der Waals surface area contributed by atoms with Crippen molar-refractivity contribution in [3.63, 3.8) is 0 Å². The van der Waals surface area contributed by atoms with Gasteiger partial charge in [-0.25, -0.2) is 0 Å². The lowest BCUT2D eigenvalue weighted by Gasteiger charge is -2.28. The normalized spacial score (nSPS) is 10.7. The van der Waals surface area contributed by atoms with Crippen LogP contribution in [0.25, 0.3) is 0 Å². The Kier molecular flexibility index (Phi) is 5.71. The first-order valence-corrected chi connectivity index (χ1v) is 6.37. The Hall–Kier alpha value is -1.49. The van der Waals surface area contributed by atoms with Crippen LogP contribution in [0.1, 0.15) is 27.2 Å². The number of nitrogen functional groups attached to an aromatic ring is 1. The number of pyridine rings is 1. The Morgan fingerprint density at radius 3 is 2.72 bits per heavy atom. The summed E-state index contributed by atoms with van der Waals surface area (Å²) in [5, 5.41) is 8.94. The highest BCUT2D eigenvalue weighted by Crippen LogP contribution is 2.24. The maximum atomic E-state index is 8.94. The molecule has 0 fully saturated rings. The van der Waals surface area contributed by atoms with Crippen molar-refractivity contribution in [3.8, 4) is 5.88 Å². The first-order chi connectivity index (χ1) is 8.60. The zero-order valence-electron chi connectivity index (χ0n) is 11.4. The van der Waals surface area contributed by atoms with Crippen LogP contribution in [0.2, 0.25) is 0 Å². The molecule has 0 saturated carbocycles. The molecule has 0 spiro atoms. The molecule has 0 aromatic carbocycles. The summed E-state index contributed by atoms with van der Waals surface area (Å²) in [7, 11) is 0. The number of anilines is 2. The van der Waals surface area contributed by atoms with Crippen molar-refractivity contribution >= 4 is 11.5 Å². The van der Waals surface area contributed by atoms with E-state index in [2.05, 4.69) is 23.7 Å². The molecule has 3 N–H and O–H groups in total. The number of rotatable bonds is 7. The fraction of sp³-hybridized carbons (Fsp3) is 0.615. The summed E-state index contributed by atoms with van der Waals surface area (Å²) in [4.78, 5) is 6.56. The van der Waals surface area contributed by atoms with Crippen molar-refractivity contribution in [2.75, 3.05) is 30.4 Å². The van der Waals surface area contributed by atoms with Crippen molar-refractivity contribution in [3.05, 3.63) is 12.1 Å². The highest BCUT2D eigenvalue weighted by molar-refractivity contribution is 5.54. The fourth-order valence-corrected chi connectivity index (χ4v) is 1.73. The third-order valence-corrected chi connectivity index (χ3v) is 2.63. The van der Waals surface area contributed by atoms with Gasteiger partial charge in [-0.1, -0.05) is 0 Å². The minimum Gasteiger partial charge on any atom is -0.476 e. The Balaban J connectivity index is 2.93. The van der Waals surface area contributed by atoms with Crippen LogP contribution in [-0.4, -0.2) is 35.9 Å². The van der Waals surface area contributed by atoms with Crippen LogP contribution < -0.4 is 15.4 Å². The van der Waals surface area contributed by atoms with Crippen LogP contribution in [-0.2, 0) is 0 Å². The average molecular weight is 253 g/mol. The number of nitrogens with two attached hydrogens (primary N) is 1. The summed E-state index contributed by atoms with van der Waals surface area (Å²) >= 11 is 0. The smallest absolute Gasteiger partial charge is 0.239 e. The zero-order chi connectivity index (χ0) is 13.5. The Morgan fingerprint density at radius 2 is 2.17 bits per heavy atom. The third-order valence-electron chi connectivity index (χ3n) is 2.63.